The molecule has 0 radical (unpaired) electrons. The predicted octanol–water partition coefficient (Wildman–Crippen LogP) is 7.98. The first-order valence-electron chi connectivity index (χ1n) is 12.1. The summed E-state index contributed by atoms with van der Waals surface area (Å²) in [6.45, 7) is 8.75. The Kier molecular flexibility index (Phi) is 16.0. The highest BCUT2D eigenvalue weighted by atomic mass is 15.1. The van der Waals surface area contributed by atoms with Gasteiger partial charge >= 0.3 is 0 Å². The Balaban J connectivity index is 2.15. The summed E-state index contributed by atoms with van der Waals surface area (Å²) in [5, 5.41) is 0. The second kappa shape index (κ2) is 17.4. The van der Waals surface area contributed by atoms with Gasteiger partial charge in [-0.15, -0.1) is 0 Å². The van der Waals surface area contributed by atoms with Crippen LogP contribution in [-0.4, -0.2) is 24.5 Å². The van der Waals surface area contributed by atoms with Gasteiger partial charge in [0.15, 0.2) is 0 Å². The topological polar surface area (TPSA) is 3.24 Å². The molecule has 0 unspecified atom stereocenters. The monoisotopic (exact) mass is 351 g/mol. The quantitative estimate of drug-likeness (QED) is 0.240. The summed E-state index contributed by atoms with van der Waals surface area (Å²) in [5.74, 6) is 1.05. The van der Waals surface area contributed by atoms with Gasteiger partial charge < -0.3 is 4.90 Å². The standard InChI is InChI=1S/C24H49N/c1-3-5-7-9-11-16-21-25(22-17-12-10-8-6-4-2)23-20-24-18-14-13-15-19-24/h24H,3-23H2,1-2H3. The first-order valence-corrected chi connectivity index (χ1v) is 12.1. The van der Waals surface area contributed by atoms with Gasteiger partial charge in [0, 0.05) is 0 Å². The molecule has 25 heavy (non-hydrogen) atoms. The molecule has 0 saturated heterocycles. The highest BCUT2D eigenvalue weighted by Gasteiger charge is 2.14. The van der Waals surface area contributed by atoms with Crippen molar-refractivity contribution < 1.29 is 0 Å². The maximum atomic E-state index is 2.83. The van der Waals surface area contributed by atoms with Crippen LogP contribution in [0.15, 0.2) is 0 Å². The summed E-state index contributed by atoms with van der Waals surface area (Å²) < 4.78 is 0. The van der Waals surface area contributed by atoms with E-state index in [-0.39, 0.29) is 0 Å². The minimum absolute atomic E-state index is 1.05. The minimum Gasteiger partial charge on any atom is -0.303 e. The molecule has 0 amide bonds. The average molecular weight is 352 g/mol. The summed E-state index contributed by atoms with van der Waals surface area (Å²) in [4.78, 5) is 2.83. The van der Waals surface area contributed by atoms with Gasteiger partial charge in [-0.05, 0) is 44.8 Å². The average Bonchev–Trinajstić information content (AvgIpc) is 2.65. The molecule has 1 aliphatic rings. The van der Waals surface area contributed by atoms with E-state index in [2.05, 4.69) is 18.7 Å². The van der Waals surface area contributed by atoms with Crippen LogP contribution in [0.2, 0.25) is 0 Å². The highest BCUT2D eigenvalue weighted by molar-refractivity contribution is 4.69. The van der Waals surface area contributed by atoms with Gasteiger partial charge in [-0.1, -0.05) is 110 Å². The molecule has 1 fully saturated rings. The van der Waals surface area contributed by atoms with Crippen LogP contribution in [0.4, 0.5) is 0 Å². The van der Waals surface area contributed by atoms with Crippen molar-refractivity contribution in [3.63, 3.8) is 0 Å². The fourth-order valence-corrected chi connectivity index (χ4v) is 4.41. The summed E-state index contributed by atoms with van der Waals surface area (Å²) in [6, 6.07) is 0. The van der Waals surface area contributed by atoms with E-state index >= 15 is 0 Å². The van der Waals surface area contributed by atoms with E-state index in [1.807, 2.05) is 0 Å². The van der Waals surface area contributed by atoms with Crippen molar-refractivity contribution in [2.45, 2.75) is 129 Å². The second-order valence-corrected chi connectivity index (χ2v) is 8.67. The SMILES string of the molecule is CCCCCCCCN(CCCCCCCC)CCC1CCCCC1. The lowest BCUT2D eigenvalue weighted by atomic mass is 9.87. The molecule has 0 N–H and O–H groups in total. The molecule has 1 saturated carbocycles. The molecular weight excluding hydrogens is 302 g/mol. The molecule has 1 nitrogen and oxygen atoms in total. The molecule has 0 bridgehead atoms. The summed E-state index contributed by atoms with van der Waals surface area (Å²) in [5.41, 5.74) is 0. The third-order valence-electron chi connectivity index (χ3n) is 6.23. The lowest BCUT2D eigenvalue weighted by molar-refractivity contribution is 0.223. The van der Waals surface area contributed by atoms with Crippen LogP contribution in [0.1, 0.15) is 129 Å². The van der Waals surface area contributed by atoms with Gasteiger partial charge in [0.25, 0.3) is 0 Å². The Labute approximate surface area is 160 Å². The zero-order valence-corrected chi connectivity index (χ0v) is 17.9. The van der Waals surface area contributed by atoms with Crippen molar-refractivity contribution in [1.82, 2.24) is 4.90 Å². The Bertz CT molecular complexity index is 241. The molecule has 1 rings (SSSR count). The van der Waals surface area contributed by atoms with Crippen LogP contribution < -0.4 is 0 Å². The molecule has 0 aliphatic heterocycles. The van der Waals surface area contributed by atoms with E-state index in [1.165, 1.54) is 135 Å². The number of nitrogens with zero attached hydrogens (tertiary/aromatic N) is 1. The number of unbranched alkanes of at least 4 members (excludes halogenated alkanes) is 10. The van der Waals surface area contributed by atoms with Crippen LogP contribution >= 0.6 is 0 Å². The van der Waals surface area contributed by atoms with E-state index in [4.69, 9.17) is 0 Å². The molecule has 150 valence electrons. The molecule has 0 spiro atoms. The highest BCUT2D eigenvalue weighted by Crippen LogP contribution is 2.26. The van der Waals surface area contributed by atoms with Crippen molar-refractivity contribution in [3.05, 3.63) is 0 Å². The Morgan fingerprint density at radius 3 is 1.56 bits per heavy atom. The van der Waals surface area contributed by atoms with Crippen molar-refractivity contribution in [1.29, 1.82) is 0 Å². The third kappa shape index (κ3) is 13.8. The lowest BCUT2D eigenvalue weighted by Gasteiger charge is -2.27. The molecule has 0 aromatic carbocycles. The van der Waals surface area contributed by atoms with E-state index in [9.17, 15) is 0 Å². The van der Waals surface area contributed by atoms with Gasteiger partial charge in [-0.25, -0.2) is 0 Å². The van der Waals surface area contributed by atoms with Crippen molar-refractivity contribution in [3.8, 4) is 0 Å². The first kappa shape index (κ1) is 23.0. The van der Waals surface area contributed by atoms with Crippen LogP contribution in [0.25, 0.3) is 0 Å². The van der Waals surface area contributed by atoms with E-state index in [0.717, 1.165) is 5.92 Å². The van der Waals surface area contributed by atoms with Crippen LogP contribution in [0, 0.1) is 5.92 Å². The maximum absolute atomic E-state index is 2.83. The predicted molar refractivity (Wildman–Crippen MR) is 114 cm³/mol. The zero-order chi connectivity index (χ0) is 18.0. The Hall–Kier alpha value is -0.0400. The normalized spacial score (nSPS) is 16.0. The Morgan fingerprint density at radius 1 is 0.560 bits per heavy atom. The minimum atomic E-state index is 1.05. The van der Waals surface area contributed by atoms with Gasteiger partial charge in [-0.3, -0.25) is 0 Å². The van der Waals surface area contributed by atoms with Crippen LogP contribution in [0.5, 0.6) is 0 Å². The Morgan fingerprint density at radius 2 is 1.04 bits per heavy atom. The van der Waals surface area contributed by atoms with Gasteiger partial charge in [0.2, 0.25) is 0 Å². The van der Waals surface area contributed by atoms with Crippen molar-refractivity contribution >= 4 is 0 Å². The lowest BCUT2D eigenvalue weighted by Crippen LogP contribution is -2.29. The molecule has 1 aliphatic carbocycles. The van der Waals surface area contributed by atoms with Crippen molar-refractivity contribution in [2.75, 3.05) is 19.6 Å². The van der Waals surface area contributed by atoms with Crippen LogP contribution in [0.3, 0.4) is 0 Å². The molecule has 1 heteroatoms. The third-order valence-corrected chi connectivity index (χ3v) is 6.23. The summed E-state index contributed by atoms with van der Waals surface area (Å²) in [6.07, 6.45) is 26.2. The molecule has 0 atom stereocenters. The van der Waals surface area contributed by atoms with E-state index in [1.54, 1.807) is 0 Å². The van der Waals surface area contributed by atoms with Crippen molar-refractivity contribution in [2.24, 2.45) is 5.92 Å². The molecular formula is C24H49N. The van der Waals surface area contributed by atoms with E-state index < -0.39 is 0 Å². The van der Waals surface area contributed by atoms with Crippen LogP contribution in [-0.2, 0) is 0 Å². The second-order valence-electron chi connectivity index (χ2n) is 8.67. The smallest absolute Gasteiger partial charge is 0.00161 e. The fourth-order valence-electron chi connectivity index (χ4n) is 4.41. The number of hydrogen-bond acceptors (Lipinski definition) is 1. The fraction of sp³-hybridized carbons (Fsp3) is 1.00. The first-order chi connectivity index (χ1) is 12.4. The number of hydrogen-bond donors (Lipinski definition) is 0. The molecule has 0 aromatic rings. The van der Waals surface area contributed by atoms with Gasteiger partial charge in [0.05, 0.1) is 0 Å². The largest absolute Gasteiger partial charge is 0.303 e. The number of rotatable bonds is 17. The van der Waals surface area contributed by atoms with Gasteiger partial charge in [0.1, 0.15) is 0 Å². The molecule has 0 heterocycles. The summed E-state index contributed by atoms with van der Waals surface area (Å²) >= 11 is 0. The summed E-state index contributed by atoms with van der Waals surface area (Å²) in [7, 11) is 0. The maximum Gasteiger partial charge on any atom is -0.00161 e. The zero-order valence-electron chi connectivity index (χ0n) is 17.9. The van der Waals surface area contributed by atoms with Gasteiger partial charge in [-0.2, -0.15) is 0 Å². The molecule has 0 aromatic heterocycles. The van der Waals surface area contributed by atoms with E-state index in [0.29, 0.717) is 0 Å².